The minimum absolute atomic E-state index is 0.0142. The van der Waals surface area contributed by atoms with Crippen LogP contribution < -0.4 is 0 Å². The SMILES string of the molecule is O=S1C2CCC1CC(O)(Cc1cc(F)ccc1F)C2. The summed E-state index contributed by atoms with van der Waals surface area (Å²) in [5, 5.41) is 10.6. The zero-order valence-electron chi connectivity index (χ0n) is 10.4. The Kier molecular flexibility index (Phi) is 3.21. The van der Waals surface area contributed by atoms with Crippen molar-refractivity contribution in [3.8, 4) is 0 Å². The van der Waals surface area contributed by atoms with Crippen molar-refractivity contribution >= 4 is 10.8 Å². The monoisotopic (exact) mass is 286 g/mol. The van der Waals surface area contributed by atoms with Crippen LogP contribution in [0, 0.1) is 11.6 Å². The summed E-state index contributed by atoms with van der Waals surface area (Å²) in [7, 11) is -0.861. The van der Waals surface area contributed by atoms with Gasteiger partial charge in [0.15, 0.2) is 0 Å². The molecule has 5 heteroatoms. The second-order valence-electron chi connectivity index (χ2n) is 5.69. The molecule has 2 heterocycles. The molecule has 0 aromatic heterocycles. The highest BCUT2D eigenvalue weighted by atomic mass is 32.2. The summed E-state index contributed by atoms with van der Waals surface area (Å²) < 4.78 is 38.7. The van der Waals surface area contributed by atoms with Crippen molar-refractivity contribution in [3.63, 3.8) is 0 Å². The number of benzene rings is 1. The van der Waals surface area contributed by atoms with Crippen LogP contribution in [0.5, 0.6) is 0 Å². The summed E-state index contributed by atoms with van der Waals surface area (Å²) in [6, 6.07) is 3.30. The molecule has 0 aliphatic carbocycles. The second kappa shape index (κ2) is 4.63. The van der Waals surface area contributed by atoms with Crippen molar-refractivity contribution in [1.29, 1.82) is 0 Å². The van der Waals surface area contributed by atoms with Crippen molar-refractivity contribution in [2.24, 2.45) is 0 Å². The molecular weight excluding hydrogens is 270 g/mol. The third kappa shape index (κ3) is 2.46. The molecule has 0 amide bonds. The maximum Gasteiger partial charge on any atom is 0.126 e. The largest absolute Gasteiger partial charge is 0.389 e. The summed E-state index contributed by atoms with van der Waals surface area (Å²) >= 11 is 0. The van der Waals surface area contributed by atoms with Crippen LogP contribution in [0.3, 0.4) is 0 Å². The second-order valence-corrected chi connectivity index (χ2v) is 7.69. The molecule has 2 bridgehead atoms. The number of hydrogen-bond acceptors (Lipinski definition) is 2. The lowest BCUT2D eigenvalue weighted by Crippen LogP contribution is -2.44. The Labute approximate surface area is 113 Å². The zero-order valence-corrected chi connectivity index (χ0v) is 11.3. The normalized spacial score (nSPS) is 37.5. The van der Waals surface area contributed by atoms with Crippen molar-refractivity contribution in [3.05, 3.63) is 35.4 Å². The van der Waals surface area contributed by atoms with Gasteiger partial charge in [0.2, 0.25) is 0 Å². The van der Waals surface area contributed by atoms with Crippen molar-refractivity contribution in [2.75, 3.05) is 0 Å². The minimum Gasteiger partial charge on any atom is -0.389 e. The molecule has 19 heavy (non-hydrogen) atoms. The Morgan fingerprint density at radius 1 is 1.26 bits per heavy atom. The van der Waals surface area contributed by atoms with Gasteiger partial charge in [0.1, 0.15) is 11.6 Å². The average molecular weight is 286 g/mol. The third-order valence-corrected chi connectivity index (χ3v) is 6.33. The third-order valence-electron chi connectivity index (χ3n) is 4.21. The first-order valence-electron chi connectivity index (χ1n) is 6.52. The minimum atomic E-state index is -1.05. The van der Waals surface area contributed by atoms with Gasteiger partial charge in [0.25, 0.3) is 0 Å². The number of fused-ring (bicyclic) bond motifs is 2. The van der Waals surface area contributed by atoms with Crippen LogP contribution in [0.4, 0.5) is 8.78 Å². The van der Waals surface area contributed by atoms with Crippen LogP contribution in [0.2, 0.25) is 0 Å². The van der Waals surface area contributed by atoms with Gasteiger partial charge in [-0.2, -0.15) is 0 Å². The van der Waals surface area contributed by atoms with E-state index in [1.807, 2.05) is 0 Å². The fraction of sp³-hybridized carbons (Fsp3) is 0.571. The van der Waals surface area contributed by atoms with E-state index in [9.17, 15) is 18.1 Å². The van der Waals surface area contributed by atoms with Crippen molar-refractivity contribution in [1.82, 2.24) is 0 Å². The number of halogens is 2. The molecule has 2 atom stereocenters. The molecule has 2 aliphatic heterocycles. The Morgan fingerprint density at radius 3 is 2.53 bits per heavy atom. The van der Waals surface area contributed by atoms with Crippen LogP contribution >= 0.6 is 0 Å². The standard InChI is InChI=1S/C14H16F2O2S/c15-10-1-4-13(16)9(5-10)6-14(17)7-11-2-3-12(8-14)19(11)18/h1,4-5,11-12,17H,2-3,6-8H2. The van der Waals surface area contributed by atoms with Gasteiger partial charge in [-0.05, 0) is 49.4 Å². The first kappa shape index (κ1) is 13.2. The first-order valence-corrected chi connectivity index (χ1v) is 7.80. The molecule has 0 saturated carbocycles. The molecule has 2 aliphatic rings. The van der Waals surface area contributed by atoms with Gasteiger partial charge in [-0.15, -0.1) is 0 Å². The van der Waals surface area contributed by atoms with Gasteiger partial charge in [-0.1, -0.05) is 0 Å². The molecule has 2 nitrogen and oxygen atoms in total. The molecule has 1 aromatic carbocycles. The summed E-state index contributed by atoms with van der Waals surface area (Å²) in [5.74, 6) is -0.990. The Balaban J connectivity index is 1.83. The summed E-state index contributed by atoms with van der Waals surface area (Å²) in [5.41, 5.74) is -0.844. The average Bonchev–Trinajstić information content (AvgIpc) is 2.59. The smallest absolute Gasteiger partial charge is 0.126 e. The van der Waals surface area contributed by atoms with E-state index >= 15 is 0 Å². The van der Waals surface area contributed by atoms with E-state index in [2.05, 4.69) is 0 Å². The Morgan fingerprint density at radius 2 is 1.89 bits per heavy atom. The van der Waals surface area contributed by atoms with E-state index in [4.69, 9.17) is 0 Å². The van der Waals surface area contributed by atoms with Crippen LogP contribution in [0.15, 0.2) is 18.2 Å². The summed E-state index contributed by atoms with van der Waals surface area (Å²) in [4.78, 5) is 0. The fourth-order valence-corrected chi connectivity index (χ4v) is 5.58. The van der Waals surface area contributed by atoms with Gasteiger partial charge < -0.3 is 5.11 Å². The molecule has 2 unspecified atom stereocenters. The molecule has 0 spiro atoms. The molecular formula is C14H16F2O2S. The van der Waals surface area contributed by atoms with Crippen molar-refractivity contribution in [2.45, 2.75) is 48.2 Å². The van der Waals surface area contributed by atoms with Gasteiger partial charge in [-0.25, -0.2) is 8.78 Å². The lowest BCUT2D eigenvalue weighted by atomic mass is 9.86. The predicted octanol–water partition coefficient (Wildman–Crippen LogP) is 2.31. The Hall–Kier alpha value is -0.810. The molecule has 2 fully saturated rings. The Bertz CT molecular complexity index is 516. The van der Waals surface area contributed by atoms with E-state index in [0.717, 1.165) is 31.0 Å². The highest BCUT2D eigenvalue weighted by molar-refractivity contribution is 7.86. The maximum absolute atomic E-state index is 13.6. The predicted molar refractivity (Wildman–Crippen MR) is 69.2 cm³/mol. The molecule has 2 saturated heterocycles. The van der Waals surface area contributed by atoms with Crippen molar-refractivity contribution < 1.29 is 18.1 Å². The fourth-order valence-electron chi connectivity index (χ4n) is 3.35. The van der Waals surface area contributed by atoms with Gasteiger partial charge in [0.05, 0.1) is 5.60 Å². The summed E-state index contributed by atoms with van der Waals surface area (Å²) in [6.07, 6.45) is 2.68. The molecule has 1 N–H and O–H groups in total. The van der Waals surface area contributed by atoms with E-state index in [1.165, 1.54) is 0 Å². The van der Waals surface area contributed by atoms with E-state index in [-0.39, 0.29) is 22.5 Å². The number of aliphatic hydroxyl groups is 1. The van der Waals surface area contributed by atoms with Gasteiger partial charge >= 0.3 is 0 Å². The van der Waals surface area contributed by atoms with Crippen LogP contribution in [-0.2, 0) is 17.2 Å². The van der Waals surface area contributed by atoms with Crippen LogP contribution in [-0.4, -0.2) is 25.4 Å². The first-order chi connectivity index (χ1) is 8.97. The highest BCUT2D eigenvalue weighted by Gasteiger charge is 2.47. The number of rotatable bonds is 2. The lowest BCUT2D eigenvalue weighted by molar-refractivity contribution is 0.0222. The van der Waals surface area contributed by atoms with Gasteiger partial charge in [-0.3, -0.25) is 4.21 Å². The zero-order chi connectivity index (χ0) is 13.6. The highest BCUT2D eigenvalue weighted by Crippen LogP contribution is 2.42. The van der Waals surface area contributed by atoms with E-state index in [0.29, 0.717) is 12.8 Å². The van der Waals surface area contributed by atoms with E-state index in [1.54, 1.807) is 0 Å². The topological polar surface area (TPSA) is 37.3 Å². The number of hydrogen-bond donors (Lipinski definition) is 1. The molecule has 3 rings (SSSR count). The van der Waals surface area contributed by atoms with E-state index < -0.39 is 28.0 Å². The van der Waals surface area contributed by atoms with Crippen LogP contribution in [0.1, 0.15) is 31.2 Å². The van der Waals surface area contributed by atoms with Crippen LogP contribution in [0.25, 0.3) is 0 Å². The molecule has 104 valence electrons. The maximum atomic E-state index is 13.6. The molecule has 0 radical (unpaired) electrons. The summed E-state index contributed by atoms with van der Waals surface area (Å²) in [6.45, 7) is 0. The van der Waals surface area contributed by atoms with Gasteiger partial charge in [0, 0.05) is 27.7 Å². The molecule has 1 aromatic rings. The lowest BCUT2D eigenvalue weighted by Gasteiger charge is -2.36. The quantitative estimate of drug-likeness (QED) is 0.906.